The average molecular weight is 365 g/mol. The van der Waals surface area contributed by atoms with Crippen LogP contribution in [0.4, 0.5) is 10.1 Å². The van der Waals surface area contributed by atoms with Crippen molar-refractivity contribution in [1.29, 1.82) is 0 Å². The van der Waals surface area contributed by atoms with Crippen LogP contribution in [0.25, 0.3) is 0 Å². The molecule has 0 aliphatic rings. The number of carbonyl (C=O) groups is 1. The molecule has 27 heavy (non-hydrogen) atoms. The van der Waals surface area contributed by atoms with E-state index in [0.29, 0.717) is 13.2 Å². The Bertz CT molecular complexity index is 921. The van der Waals surface area contributed by atoms with E-state index in [-0.39, 0.29) is 11.4 Å². The van der Waals surface area contributed by atoms with E-state index in [1.165, 1.54) is 12.1 Å². The van der Waals surface area contributed by atoms with Crippen LogP contribution in [0.3, 0.4) is 0 Å². The Kier molecular flexibility index (Phi) is 5.71. The number of hydrogen-bond donors (Lipinski definition) is 2. The van der Waals surface area contributed by atoms with Gasteiger partial charge in [0.05, 0.1) is 5.56 Å². The molecule has 5 heteroatoms. The van der Waals surface area contributed by atoms with Gasteiger partial charge in [-0.05, 0) is 60.0 Å². The molecule has 138 valence electrons. The normalized spacial score (nSPS) is 10.4. The van der Waals surface area contributed by atoms with E-state index in [2.05, 4.69) is 5.32 Å². The summed E-state index contributed by atoms with van der Waals surface area (Å²) >= 11 is 0. The predicted molar refractivity (Wildman–Crippen MR) is 103 cm³/mol. The molecule has 0 aliphatic heterocycles. The van der Waals surface area contributed by atoms with Gasteiger partial charge in [0.2, 0.25) is 0 Å². The average Bonchev–Trinajstić information content (AvgIpc) is 2.67. The van der Waals surface area contributed by atoms with Crippen molar-refractivity contribution in [3.05, 3.63) is 94.8 Å². The summed E-state index contributed by atoms with van der Waals surface area (Å²) in [5.74, 6) is -0.479. The number of carboxylic acid groups (broad SMARTS) is 1. The van der Waals surface area contributed by atoms with Crippen LogP contribution in [-0.2, 0) is 13.2 Å². The van der Waals surface area contributed by atoms with Crippen molar-refractivity contribution in [1.82, 2.24) is 0 Å². The molecule has 3 aromatic carbocycles. The smallest absolute Gasteiger partial charge is 0.335 e. The summed E-state index contributed by atoms with van der Waals surface area (Å²) in [6, 6.07) is 18.9. The number of nitrogens with one attached hydrogen (secondary N) is 1. The molecule has 2 N–H and O–H groups in total. The van der Waals surface area contributed by atoms with Crippen LogP contribution in [0.5, 0.6) is 5.75 Å². The summed E-state index contributed by atoms with van der Waals surface area (Å²) in [6.45, 7) is 2.88. The van der Waals surface area contributed by atoms with Gasteiger partial charge in [-0.3, -0.25) is 0 Å². The molecular weight excluding hydrogens is 345 g/mol. The molecule has 3 aromatic rings. The van der Waals surface area contributed by atoms with Gasteiger partial charge in [-0.1, -0.05) is 30.3 Å². The molecule has 3 rings (SSSR count). The maximum absolute atomic E-state index is 12.9. The number of benzene rings is 3. The lowest BCUT2D eigenvalue weighted by molar-refractivity contribution is 0.0697. The Balaban J connectivity index is 1.57. The van der Waals surface area contributed by atoms with Crippen molar-refractivity contribution in [3.63, 3.8) is 0 Å². The standard InChI is InChI=1S/C22H20FNO3/c1-15-2-7-18(22(25)26)12-21(15)24-13-16-5-10-20(11-6-16)27-14-17-3-8-19(23)9-4-17/h2-12,24H,13-14H2,1H3,(H,25,26). The van der Waals surface area contributed by atoms with E-state index in [9.17, 15) is 9.18 Å². The minimum atomic E-state index is -0.944. The lowest BCUT2D eigenvalue weighted by Gasteiger charge is -2.11. The quantitative estimate of drug-likeness (QED) is 0.617. The van der Waals surface area contributed by atoms with Gasteiger partial charge in [-0.15, -0.1) is 0 Å². The number of halogens is 1. The Morgan fingerprint density at radius 3 is 2.33 bits per heavy atom. The van der Waals surface area contributed by atoms with Crippen molar-refractivity contribution < 1.29 is 19.0 Å². The fourth-order valence-corrected chi connectivity index (χ4v) is 2.59. The Morgan fingerprint density at radius 1 is 1.00 bits per heavy atom. The zero-order valence-corrected chi connectivity index (χ0v) is 14.9. The fraction of sp³-hybridized carbons (Fsp3) is 0.136. The van der Waals surface area contributed by atoms with E-state index < -0.39 is 5.97 Å². The number of anilines is 1. The van der Waals surface area contributed by atoms with E-state index in [1.54, 1.807) is 30.3 Å². The Labute approximate surface area is 157 Å². The Hall–Kier alpha value is -3.34. The predicted octanol–water partition coefficient (Wildman–Crippen LogP) is 5.02. The Morgan fingerprint density at radius 2 is 1.67 bits per heavy atom. The molecule has 0 atom stereocenters. The number of hydrogen-bond acceptors (Lipinski definition) is 3. The molecule has 0 aromatic heterocycles. The maximum atomic E-state index is 12.9. The molecule has 0 radical (unpaired) electrons. The highest BCUT2D eigenvalue weighted by Crippen LogP contribution is 2.19. The van der Waals surface area contributed by atoms with Crippen molar-refractivity contribution in [3.8, 4) is 5.75 Å². The van der Waals surface area contributed by atoms with Crippen LogP contribution in [-0.4, -0.2) is 11.1 Å². The highest BCUT2D eigenvalue weighted by Gasteiger charge is 2.06. The van der Waals surface area contributed by atoms with Crippen molar-refractivity contribution in [2.75, 3.05) is 5.32 Å². The SMILES string of the molecule is Cc1ccc(C(=O)O)cc1NCc1ccc(OCc2ccc(F)cc2)cc1. The van der Waals surface area contributed by atoms with Gasteiger partial charge in [0, 0.05) is 12.2 Å². The maximum Gasteiger partial charge on any atom is 0.335 e. The second-order valence-electron chi connectivity index (χ2n) is 6.25. The second kappa shape index (κ2) is 8.36. The van der Waals surface area contributed by atoms with Gasteiger partial charge < -0.3 is 15.2 Å². The number of aryl methyl sites for hydroxylation is 1. The lowest BCUT2D eigenvalue weighted by Crippen LogP contribution is -2.04. The molecule has 0 spiro atoms. The third-order valence-electron chi connectivity index (χ3n) is 4.21. The van der Waals surface area contributed by atoms with Gasteiger partial charge in [-0.25, -0.2) is 9.18 Å². The van der Waals surface area contributed by atoms with Crippen LogP contribution in [0.1, 0.15) is 27.0 Å². The van der Waals surface area contributed by atoms with Gasteiger partial charge in [0.15, 0.2) is 0 Å². The first-order valence-corrected chi connectivity index (χ1v) is 8.55. The molecule has 0 saturated carbocycles. The number of ether oxygens (including phenoxy) is 1. The van der Waals surface area contributed by atoms with E-state index in [1.807, 2.05) is 31.2 Å². The third kappa shape index (κ3) is 5.07. The minimum Gasteiger partial charge on any atom is -0.489 e. The summed E-state index contributed by atoms with van der Waals surface area (Å²) in [7, 11) is 0. The molecule has 0 unspecified atom stereocenters. The van der Waals surface area contributed by atoms with Crippen LogP contribution >= 0.6 is 0 Å². The van der Waals surface area contributed by atoms with E-state index >= 15 is 0 Å². The zero-order valence-electron chi connectivity index (χ0n) is 14.9. The first kappa shape index (κ1) is 18.5. The first-order valence-electron chi connectivity index (χ1n) is 8.55. The molecule has 4 nitrogen and oxygen atoms in total. The van der Waals surface area contributed by atoms with Gasteiger partial charge >= 0.3 is 5.97 Å². The van der Waals surface area contributed by atoms with Crippen LogP contribution in [0, 0.1) is 12.7 Å². The van der Waals surface area contributed by atoms with Crippen molar-refractivity contribution >= 4 is 11.7 Å². The summed E-state index contributed by atoms with van der Waals surface area (Å²) in [5.41, 5.74) is 3.98. The van der Waals surface area contributed by atoms with Gasteiger partial charge in [0.25, 0.3) is 0 Å². The molecule has 0 aliphatic carbocycles. The molecule has 0 saturated heterocycles. The largest absolute Gasteiger partial charge is 0.489 e. The summed E-state index contributed by atoms with van der Waals surface area (Å²) in [6.07, 6.45) is 0. The van der Waals surface area contributed by atoms with E-state index in [4.69, 9.17) is 9.84 Å². The molecule has 0 bridgehead atoms. The lowest BCUT2D eigenvalue weighted by atomic mass is 10.1. The first-order chi connectivity index (χ1) is 13.0. The van der Waals surface area contributed by atoms with Crippen molar-refractivity contribution in [2.45, 2.75) is 20.1 Å². The summed E-state index contributed by atoms with van der Waals surface area (Å²) < 4.78 is 18.6. The summed E-state index contributed by atoms with van der Waals surface area (Å²) in [4.78, 5) is 11.1. The van der Waals surface area contributed by atoms with Crippen LogP contribution < -0.4 is 10.1 Å². The minimum absolute atomic E-state index is 0.257. The fourth-order valence-electron chi connectivity index (χ4n) is 2.59. The highest BCUT2D eigenvalue weighted by molar-refractivity contribution is 5.89. The molecule has 0 amide bonds. The second-order valence-corrected chi connectivity index (χ2v) is 6.25. The molecule has 0 heterocycles. The topological polar surface area (TPSA) is 58.6 Å². The monoisotopic (exact) mass is 365 g/mol. The van der Waals surface area contributed by atoms with Crippen LogP contribution in [0.15, 0.2) is 66.7 Å². The number of aromatic carboxylic acids is 1. The molecular formula is C22H20FNO3. The zero-order chi connectivity index (χ0) is 19.2. The molecule has 0 fully saturated rings. The number of carboxylic acids is 1. The van der Waals surface area contributed by atoms with Gasteiger partial charge in [-0.2, -0.15) is 0 Å². The third-order valence-corrected chi connectivity index (χ3v) is 4.21. The van der Waals surface area contributed by atoms with Crippen LogP contribution in [0.2, 0.25) is 0 Å². The summed E-state index contributed by atoms with van der Waals surface area (Å²) in [5, 5.41) is 12.4. The van der Waals surface area contributed by atoms with Crippen molar-refractivity contribution in [2.24, 2.45) is 0 Å². The van der Waals surface area contributed by atoms with Gasteiger partial charge in [0.1, 0.15) is 18.2 Å². The number of rotatable bonds is 7. The highest BCUT2D eigenvalue weighted by atomic mass is 19.1. The van der Waals surface area contributed by atoms with E-state index in [0.717, 1.165) is 28.1 Å².